The monoisotopic (exact) mass is 443 g/mol. The summed E-state index contributed by atoms with van der Waals surface area (Å²) in [7, 11) is -3.63. The Balaban J connectivity index is 1.50. The lowest BCUT2D eigenvalue weighted by atomic mass is 9.99. The van der Waals surface area contributed by atoms with Gasteiger partial charge >= 0.3 is 0 Å². The fourth-order valence-electron chi connectivity index (χ4n) is 3.73. The number of amides is 1. The lowest BCUT2D eigenvalue weighted by Gasteiger charge is -2.29. The SMILES string of the molecule is CS(=O)(=O)N(CC(=O)N1CC=C(c2c[nH]c3ccccc23)CC1)c1cccc(Cl)c1. The van der Waals surface area contributed by atoms with Gasteiger partial charge in [0.1, 0.15) is 6.54 Å². The van der Waals surface area contributed by atoms with Crippen molar-refractivity contribution in [2.75, 3.05) is 30.2 Å². The van der Waals surface area contributed by atoms with Gasteiger partial charge in [-0.15, -0.1) is 0 Å². The molecule has 156 valence electrons. The predicted molar refractivity (Wildman–Crippen MR) is 121 cm³/mol. The third kappa shape index (κ3) is 4.22. The van der Waals surface area contributed by atoms with Crippen LogP contribution in [0.1, 0.15) is 12.0 Å². The number of rotatable bonds is 5. The number of hydrogen-bond donors (Lipinski definition) is 1. The van der Waals surface area contributed by atoms with Crippen molar-refractivity contribution < 1.29 is 13.2 Å². The van der Waals surface area contributed by atoms with Gasteiger partial charge < -0.3 is 9.88 Å². The van der Waals surface area contributed by atoms with E-state index in [0.29, 0.717) is 30.2 Å². The number of anilines is 1. The van der Waals surface area contributed by atoms with E-state index in [0.717, 1.165) is 27.0 Å². The summed E-state index contributed by atoms with van der Waals surface area (Å²) in [5, 5.41) is 1.57. The van der Waals surface area contributed by atoms with Gasteiger partial charge in [0.2, 0.25) is 15.9 Å². The minimum atomic E-state index is -3.63. The standard InChI is InChI=1S/C22H22ClN3O3S/c1-30(28,29)26(18-6-4-5-17(23)13-18)15-22(27)25-11-9-16(10-12-25)20-14-24-21-8-3-2-7-19(20)21/h2-9,13-14,24H,10-12,15H2,1H3. The summed E-state index contributed by atoms with van der Waals surface area (Å²) in [5.74, 6) is -0.241. The maximum absolute atomic E-state index is 12.9. The van der Waals surface area contributed by atoms with E-state index in [-0.39, 0.29) is 12.5 Å². The number of H-pyrrole nitrogens is 1. The van der Waals surface area contributed by atoms with Crippen LogP contribution < -0.4 is 4.31 Å². The number of fused-ring (bicyclic) bond motifs is 1. The van der Waals surface area contributed by atoms with E-state index in [4.69, 9.17) is 11.6 Å². The number of benzene rings is 2. The van der Waals surface area contributed by atoms with Gasteiger partial charge in [0.25, 0.3) is 0 Å². The zero-order chi connectivity index (χ0) is 21.3. The number of halogens is 1. The molecule has 1 aliphatic rings. The highest BCUT2D eigenvalue weighted by Gasteiger charge is 2.25. The molecule has 0 spiro atoms. The topological polar surface area (TPSA) is 73.5 Å². The first-order valence-electron chi connectivity index (χ1n) is 9.59. The van der Waals surface area contributed by atoms with Crippen LogP contribution in [0.5, 0.6) is 0 Å². The van der Waals surface area contributed by atoms with E-state index in [1.807, 2.05) is 30.5 Å². The van der Waals surface area contributed by atoms with E-state index in [9.17, 15) is 13.2 Å². The predicted octanol–water partition coefficient (Wildman–Crippen LogP) is 3.90. The Labute approximate surface area is 180 Å². The Morgan fingerprint density at radius 2 is 2.00 bits per heavy atom. The summed E-state index contributed by atoms with van der Waals surface area (Å²) < 4.78 is 25.7. The molecule has 2 heterocycles. The van der Waals surface area contributed by atoms with E-state index >= 15 is 0 Å². The number of nitrogens with one attached hydrogen (secondary N) is 1. The Morgan fingerprint density at radius 1 is 1.20 bits per heavy atom. The van der Waals surface area contributed by atoms with Gasteiger partial charge in [-0.2, -0.15) is 0 Å². The summed E-state index contributed by atoms with van der Waals surface area (Å²) in [6.45, 7) is 0.730. The smallest absolute Gasteiger partial charge is 0.243 e. The van der Waals surface area contributed by atoms with Crippen molar-refractivity contribution in [2.45, 2.75) is 6.42 Å². The minimum Gasteiger partial charge on any atom is -0.361 e. The number of nitrogens with zero attached hydrogens (tertiary/aromatic N) is 2. The quantitative estimate of drug-likeness (QED) is 0.649. The Kier molecular flexibility index (Phi) is 5.58. The first kappa shape index (κ1) is 20.5. The van der Waals surface area contributed by atoms with Gasteiger partial charge in [-0.25, -0.2) is 8.42 Å². The molecule has 0 saturated heterocycles. The van der Waals surface area contributed by atoms with Crippen molar-refractivity contribution in [2.24, 2.45) is 0 Å². The van der Waals surface area contributed by atoms with Crippen LogP contribution in [-0.2, 0) is 14.8 Å². The fraction of sp³-hybridized carbons (Fsp3) is 0.227. The molecule has 4 rings (SSSR count). The summed E-state index contributed by atoms with van der Waals surface area (Å²) in [4.78, 5) is 17.8. The maximum Gasteiger partial charge on any atom is 0.243 e. The zero-order valence-electron chi connectivity index (χ0n) is 16.5. The van der Waals surface area contributed by atoms with Crippen LogP contribution in [0.3, 0.4) is 0 Å². The van der Waals surface area contributed by atoms with Crippen molar-refractivity contribution in [1.29, 1.82) is 0 Å². The highest BCUT2D eigenvalue weighted by atomic mass is 35.5. The minimum absolute atomic E-state index is 0.241. The average Bonchev–Trinajstić information content (AvgIpc) is 3.15. The van der Waals surface area contributed by atoms with Crippen molar-refractivity contribution in [3.8, 4) is 0 Å². The summed E-state index contributed by atoms with van der Waals surface area (Å²) in [5.41, 5.74) is 3.79. The van der Waals surface area contributed by atoms with Crippen LogP contribution in [0.25, 0.3) is 16.5 Å². The molecule has 6 nitrogen and oxygen atoms in total. The molecular weight excluding hydrogens is 422 g/mol. The van der Waals surface area contributed by atoms with Gasteiger partial charge in [-0.3, -0.25) is 9.10 Å². The highest BCUT2D eigenvalue weighted by Crippen LogP contribution is 2.29. The summed E-state index contributed by atoms with van der Waals surface area (Å²) >= 11 is 6.00. The first-order chi connectivity index (χ1) is 14.3. The number of hydrogen-bond acceptors (Lipinski definition) is 3. The Hall–Kier alpha value is -2.77. The molecule has 8 heteroatoms. The second-order valence-electron chi connectivity index (χ2n) is 7.32. The molecule has 1 amide bonds. The van der Waals surface area contributed by atoms with Crippen molar-refractivity contribution in [1.82, 2.24) is 9.88 Å². The largest absolute Gasteiger partial charge is 0.361 e. The summed E-state index contributed by atoms with van der Waals surface area (Å²) in [6.07, 6.45) is 5.84. The molecule has 1 aromatic heterocycles. The van der Waals surface area contributed by atoms with Crippen LogP contribution in [-0.4, -0.2) is 50.1 Å². The number of sulfonamides is 1. The molecular formula is C22H22ClN3O3S. The zero-order valence-corrected chi connectivity index (χ0v) is 18.1. The van der Waals surface area contributed by atoms with Crippen molar-refractivity contribution in [3.63, 3.8) is 0 Å². The average molecular weight is 444 g/mol. The van der Waals surface area contributed by atoms with Crippen LogP contribution in [0, 0.1) is 0 Å². The van der Waals surface area contributed by atoms with Gasteiger partial charge in [0, 0.05) is 40.8 Å². The van der Waals surface area contributed by atoms with Crippen LogP contribution in [0.15, 0.2) is 60.8 Å². The number of carbonyl (C=O) groups excluding carboxylic acids is 1. The molecule has 3 aromatic rings. The fourth-order valence-corrected chi connectivity index (χ4v) is 4.76. The van der Waals surface area contributed by atoms with Crippen LogP contribution in [0.2, 0.25) is 5.02 Å². The van der Waals surface area contributed by atoms with E-state index in [1.165, 1.54) is 5.57 Å². The number of aromatic amines is 1. The third-order valence-electron chi connectivity index (χ3n) is 5.27. The molecule has 30 heavy (non-hydrogen) atoms. The number of para-hydroxylation sites is 1. The molecule has 0 atom stereocenters. The molecule has 0 unspecified atom stereocenters. The molecule has 0 bridgehead atoms. The summed E-state index contributed by atoms with van der Waals surface area (Å²) in [6, 6.07) is 14.6. The molecule has 1 N–H and O–H groups in total. The molecule has 1 aliphatic heterocycles. The van der Waals surface area contributed by atoms with E-state index in [1.54, 1.807) is 29.2 Å². The second-order valence-corrected chi connectivity index (χ2v) is 9.66. The van der Waals surface area contributed by atoms with Gasteiger partial charge in [0.05, 0.1) is 11.9 Å². The molecule has 2 aromatic carbocycles. The Morgan fingerprint density at radius 3 is 2.70 bits per heavy atom. The van der Waals surface area contributed by atoms with Crippen molar-refractivity contribution >= 4 is 49.7 Å². The third-order valence-corrected chi connectivity index (χ3v) is 6.65. The molecule has 0 fully saturated rings. The maximum atomic E-state index is 12.9. The molecule has 0 radical (unpaired) electrons. The van der Waals surface area contributed by atoms with Gasteiger partial charge in [0.15, 0.2) is 0 Å². The van der Waals surface area contributed by atoms with E-state index in [2.05, 4.69) is 11.1 Å². The molecule has 0 saturated carbocycles. The van der Waals surface area contributed by atoms with E-state index < -0.39 is 10.0 Å². The first-order valence-corrected chi connectivity index (χ1v) is 11.8. The lowest BCUT2D eigenvalue weighted by molar-refractivity contribution is -0.129. The highest BCUT2D eigenvalue weighted by molar-refractivity contribution is 7.92. The lowest BCUT2D eigenvalue weighted by Crippen LogP contribution is -2.44. The van der Waals surface area contributed by atoms with Gasteiger partial charge in [-0.05, 0) is 36.3 Å². The second kappa shape index (κ2) is 8.16. The van der Waals surface area contributed by atoms with Crippen LogP contribution in [0.4, 0.5) is 5.69 Å². The van der Waals surface area contributed by atoms with Crippen LogP contribution >= 0.6 is 11.6 Å². The van der Waals surface area contributed by atoms with Gasteiger partial charge in [-0.1, -0.05) is 41.9 Å². The number of aromatic nitrogens is 1. The normalized spacial score (nSPS) is 14.6. The van der Waals surface area contributed by atoms with Crippen molar-refractivity contribution in [3.05, 3.63) is 71.4 Å². The number of carbonyl (C=O) groups is 1. The Bertz CT molecular complexity index is 1230. The molecule has 0 aliphatic carbocycles.